The minimum atomic E-state index is -0.598. The van der Waals surface area contributed by atoms with Gasteiger partial charge in [-0.1, -0.05) is 97.1 Å². The predicted molar refractivity (Wildman–Crippen MR) is 352 cm³/mol. The van der Waals surface area contributed by atoms with Crippen molar-refractivity contribution in [2.24, 2.45) is 0 Å². The zero-order valence-electron chi connectivity index (χ0n) is 51.6. The monoisotopic (exact) mass is 1200 g/mol. The summed E-state index contributed by atoms with van der Waals surface area (Å²) in [5, 5.41) is 25.3. The van der Waals surface area contributed by atoms with E-state index in [0.29, 0.717) is 28.5 Å². The number of anilines is 5. The minimum Gasteiger partial charge on any atom is -0.444 e. The Bertz CT molecular complexity index is 4470. The summed E-state index contributed by atoms with van der Waals surface area (Å²) in [5.74, 6) is 2.92. The number of benzene rings is 6. The molecule has 18 nitrogen and oxygen atoms in total. The van der Waals surface area contributed by atoms with Crippen LogP contribution in [0.3, 0.4) is 0 Å². The topological polar surface area (TPSA) is 231 Å². The first-order chi connectivity index (χ1) is 43.1. The van der Waals surface area contributed by atoms with E-state index in [0.717, 1.165) is 140 Å². The number of hydrogen-bond acceptors (Lipinski definition) is 13. The third-order valence-corrected chi connectivity index (χ3v) is 17.2. The summed E-state index contributed by atoms with van der Waals surface area (Å²) in [6, 6.07) is 51.9. The number of rotatable bonds is 9. The number of nitrogens with zero attached hydrogens (tertiary/aromatic N) is 7. The maximum absolute atomic E-state index is 12.8. The molecule has 0 radical (unpaired) electrons. The van der Waals surface area contributed by atoms with Crippen LogP contribution in [0, 0.1) is 24.0 Å². The molecule has 2 fully saturated rings. The quantitative estimate of drug-likeness (QED) is 0.0515. The maximum Gasteiger partial charge on any atom is 0.408 e. The molecule has 14 rings (SSSR count). The van der Waals surface area contributed by atoms with Crippen LogP contribution in [0.4, 0.5) is 44.0 Å². The second kappa shape index (κ2) is 22.5. The molecule has 6 N–H and O–H groups in total. The molecule has 2 amide bonds. The lowest BCUT2D eigenvalue weighted by Crippen LogP contribution is -2.52. The van der Waals surface area contributed by atoms with Crippen LogP contribution in [0.5, 0.6) is 0 Å². The Morgan fingerprint density at radius 3 is 1.37 bits per heavy atom. The Morgan fingerprint density at radius 2 is 0.967 bits per heavy atom. The molecule has 0 bridgehead atoms. The van der Waals surface area contributed by atoms with E-state index in [-0.39, 0.29) is 10.6 Å². The summed E-state index contributed by atoms with van der Waals surface area (Å²) < 4.78 is 15.5. The molecule has 2 saturated carbocycles. The Morgan fingerprint density at radius 1 is 0.556 bits per heavy atom. The summed E-state index contributed by atoms with van der Waals surface area (Å²) in [7, 11) is 0. The van der Waals surface area contributed by atoms with Gasteiger partial charge in [-0.25, -0.2) is 29.5 Å². The smallest absolute Gasteiger partial charge is 0.408 e. The summed E-state index contributed by atoms with van der Waals surface area (Å²) in [4.78, 5) is 57.1. The number of aromatic nitrogens is 6. The fourth-order valence-electron chi connectivity index (χ4n) is 12.4. The largest absolute Gasteiger partial charge is 0.444 e. The summed E-state index contributed by atoms with van der Waals surface area (Å²) in [5.41, 5.74) is 20.6. The Balaban J connectivity index is 0.000000165. The van der Waals surface area contributed by atoms with E-state index < -0.39 is 34.5 Å². The molecule has 454 valence electrons. The van der Waals surface area contributed by atoms with Gasteiger partial charge in [0.2, 0.25) is 0 Å². The van der Waals surface area contributed by atoms with Crippen molar-refractivity contribution in [1.82, 2.24) is 39.7 Å². The molecular formula is C72H70N12O6. The second-order valence-corrected chi connectivity index (χ2v) is 25.6. The number of nitrogens with one attached hydrogen (secondary N) is 4. The van der Waals surface area contributed by atoms with Gasteiger partial charge in [-0.2, -0.15) is 0 Å². The number of carbonyl (C=O) groups excluding carboxylic acids is 2. The molecule has 4 aliphatic rings. The molecular weight excluding hydrogens is 1130 g/mol. The summed E-state index contributed by atoms with van der Waals surface area (Å²) in [6.45, 7) is 14.9. The van der Waals surface area contributed by atoms with Gasteiger partial charge in [-0.15, -0.1) is 0 Å². The minimum absolute atomic E-state index is 0.0336. The van der Waals surface area contributed by atoms with Crippen molar-refractivity contribution >= 4 is 46.6 Å². The van der Waals surface area contributed by atoms with Gasteiger partial charge in [0.25, 0.3) is 5.69 Å². The number of alkyl carbamates (subject to hydrolysis) is 2. The lowest BCUT2D eigenvalue weighted by molar-refractivity contribution is -0.385. The van der Waals surface area contributed by atoms with Gasteiger partial charge >= 0.3 is 12.2 Å². The van der Waals surface area contributed by atoms with Crippen molar-refractivity contribution in [1.29, 1.82) is 0 Å². The van der Waals surface area contributed by atoms with Crippen molar-refractivity contribution in [2.75, 3.05) is 16.4 Å². The van der Waals surface area contributed by atoms with Crippen LogP contribution in [0.2, 0.25) is 0 Å². The average molecular weight is 1200 g/mol. The van der Waals surface area contributed by atoms with E-state index in [2.05, 4.69) is 77.8 Å². The molecule has 0 spiro atoms. The van der Waals surface area contributed by atoms with Gasteiger partial charge in [0, 0.05) is 63.1 Å². The molecule has 0 saturated heterocycles. The highest BCUT2D eigenvalue weighted by molar-refractivity contribution is 5.93. The highest BCUT2D eigenvalue weighted by Gasteiger charge is 2.43. The maximum atomic E-state index is 12.8. The van der Waals surface area contributed by atoms with Crippen LogP contribution in [0.25, 0.3) is 79.2 Å². The molecule has 0 unspecified atom stereocenters. The fourth-order valence-corrected chi connectivity index (χ4v) is 12.4. The van der Waals surface area contributed by atoms with E-state index in [1.165, 1.54) is 0 Å². The highest BCUT2D eigenvalue weighted by Crippen LogP contribution is 2.49. The number of carbonyl (C=O) groups is 2. The lowest BCUT2D eigenvalue weighted by atomic mass is 9.71. The highest BCUT2D eigenvalue weighted by atomic mass is 16.6. The lowest BCUT2D eigenvalue weighted by Gasteiger charge is -2.43. The number of amides is 2. The van der Waals surface area contributed by atoms with E-state index in [1.54, 1.807) is 31.5 Å². The molecule has 4 aromatic heterocycles. The molecule has 18 heteroatoms. The first kappa shape index (κ1) is 58.4. The number of nitro groups is 1. The molecule has 6 heterocycles. The third-order valence-electron chi connectivity index (χ3n) is 17.2. The second-order valence-electron chi connectivity index (χ2n) is 25.6. The average Bonchev–Trinajstić information content (AvgIpc) is 1.59. The first-order valence-electron chi connectivity index (χ1n) is 30.4. The summed E-state index contributed by atoms with van der Waals surface area (Å²) in [6.07, 6.45) is 8.11. The van der Waals surface area contributed by atoms with E-state index in [1.807, 2.05) is 152 Å². The summed E-state index contributed by atoms with van der Waals surface area (Å²) >= 11 is 0. The van der Waals surface area contributed by atoms with Crippen LogP contribution in [0.15, 0.2) is 170 Å². The number of aryl methyl sites for hydroxylation is 2. The van der Waals surface area contributed by atoms with Crippen molar-refractivity contribution in [3.05, 3.63) is 202 Å². The molecule has 2 aliphatic carbocycles. The number of ether oxygens (including phenoxy) is 2. The number of fused-ring (bicyclic) bond motifs is 10. The third kappa shape index (κ3) is 10.9. The number of nitro benzene ring substituents is 1. The number of hydrogen-bond donors (Lipinski definition) is 5. The van der Waals surface area contributed by atoms with Crippen LogP contribution < -0.4 is 27.0 Å². The Hall–Kier alpha value is -10.6. The Kier molecular flexibility index (Phi) is 14.6. The first-order valence-corrected chi connectivity index (χ1v) is 30.4. The van der Waals surface area contributed by atoms with Crippen LogP contribution in [0.1, 0.15) is 102 Å². The van der Waals surface area contributed by atoms with Crippen molar-refractivity contribution in [2.45, 2.75) is 116 Å². The van der Waals surface area contributed by atoms with E-state index in [9.17, 15) is 19.7 Å². The fraction of sp³-hybridized carbons (Fsp3) is 0.250. The zero-order valence-corrected chi connectivity index (χ0v) is 51.6. The van der Waals surface area contributed by atoms with Crippen molar-refractivity contribution < 1.29 is 24.0 Å². The molecule has 2 aliphatic heterocycles. The standard InChI is InChI=1S/C36H34N6O4.C36H36N6O2/c1-22-12-13-24(21-29(22)42(44)45)30-31(23-14-16-25(17-15-23)36(18-8-19-36)40-34(43)46-35(2,3)4)41-28-11-7-20-37-32(28)38-27-10-6-5-9-26(27)33(41)39-30;1-22-12-13-24(21-27(22)37)30-31(23-14-16-25(17-15-23)36(18-8-19-36)41-34(43)44-35(2,3)4)42-29-11-7-20-38-32(29)39-28-10-6-5-9-26(28)33(42)40-30/h5-7,9-17,20-21H,8,18-19H2,1-4H3,(H,37,38)(H,40,43);5-7,9-17,20-21H,8,18-19,37H2,1-4H3,(H,38,39)(H,41,43). The number of pyridine rings is 2. The number of imidazole rings is 2. The predicted octanol–water partition coefficient (Wildman–Crippen LogP) is 16.6. The molecule has 0 atom stereocenters. The van der Waals surface area contributed by atoms with Gasteiger partial charge < -0.3 is 36.5 Å². The molecule has 10 aromatic rings. The molecule has 90 heavy (non-hydrogen) atoms. The van der Waals surface area contributed by atoms with Gasteiger partial charge in [-0.05, 0) is 165 Å². The number of para-hydroxylation sites is 2. The normalized spacial score (nSPS) is 14.5. The van der Waals surface area contributed by atoms with Gasteiger partial charge in [-0.3, -0.25) is 19.2 Å². The van der Waals surface area contributed by atoms with Gasteiger partial charge in [0.05, 0.1) is 61.5 Å². The Labute approximate surface area is 522 Å². The number of nitrogen functional groups attached to an aromatic ring is 1. The van der Waals surface area contributed by atoms with Gasteiger partial charge in [0.15, 0.2) is 11.6 Å². The SMILES string of the molecule is Cc1ccc(-c2nc3n(c2-c2ccc(C4(NC(=O)OC(C)(C)C)CCC4)cc2)-c2cccnc2Nc2ccccc2-3)cc1N.Cc1ccc(-c2nc3n(c2-c2ccc(C4(NC(=O)OC(C)(C)C)CCC4)cc2)-c2cccnc2Nc2ccccc2-3)cc1[N+](=O)[O-]. The van der Waals surface area contributed by atoms with Gasteiger partial charge in [0.1, 0.15) is 22.9 Å². The van der Waals surface area contributed by atoms with Crippen molar-refractivity contribution in [3.8, 4) is 79.2 Å². The van der Waals surface area contributed by atoms with Crippen LogP contribution in [-0.2, 0) is 20.6 Å². The van der Waals surface area contributed by atoms with E-state index >= 15 is 0 Å². The molecule has 6 aromatic carbocycles. The van der Waals surface area contributed by atoms with Crippen LogP contribution in [-0.4, -0.2) is 57.4 Å². The van der Waals surface area contributed by atoms with Crippen LogP contribution >= 0.6 is 0 Å². The van der Waals surface area contributed by atoms with Crippen molar-refractivity contribution in [3.63, 3.8) is 0 Å². The number of nitrogens with two attached hydrogens (primary N) is 1. The zero-order chi connectivity index (χ0) is 62.9. The van der Waals surface area contributed by atoms with E-state index in [4.69, 9.17) is 30.2 Å².